The van der Waals surface area contributed by atoms with Crippen molar-refractivity contribution in [2.45, 2.75) is 25.6 Å². The maximum absolute atomic E-state index is 12.1. The number of carbonyl (C=O) groups is 1. The molecule has 0 fully saturated rings. The predicted octanol–water partition coefficient (Wildman–Crippen LogP) is 4.50. The fraction of sp³-hybridized carbons (Fsp3) is 0.250. The van der Waals surface area contributed by atoms with Crippen molar-refractivity contribution in [3.05, 3.63) is 63.9 Å². The molecular formula is C20H21BrN4O2S. The van der Waals surface area contributed by atoms with Crippen LogP contribution in [0.5, 0.6) is 5.75 Å². The standard InChI is InChI=1S/C20H21BrN4O2S/c1-13-4-9-17(10-14(13)2)27-11-18-23-24-20(25(18)3)28-12-19(26)22-16-7-5-15(21)6-8-16/h4-10H,11-12H2,1-3H3,(H,22,26). The van der Waals surface area contributed by atoms with Crippen LogP contribution < -0.4 is 10.1 Å². The molecule has 3 rings (SSSR count). The van der Waals surface area contributed by atoms with Gasteiger partial charge in [0.2, 0.25) is 5.91 Å². The van der Waals surface area contributed by atoms with Gasteiger partial charge in [-0.15, -0.1) is 10.2 Å². The highest BCUT2D eigenvalue weighted by Crippen LogP contribution is 2.20. The molecule has 6 nitrogen and oxygen atoms in total. The van der Waals surface area contributed by atoms with Gasteiger partial charge in [0.05, 0.1) is 5.75 Å². The first-order chi connectivity index (χ1) is 13.4. The third-order valence-electron chi connectivity index (χ3n) is 4.23. The summed E-state index contributed by atoms with van der Waals surface area (Å²) >= 11 is 4.71. The number of hydrogen-bond donors (Lipinski definition) is 1. The maximum Gasteiger partial charge on any atom is 0.234 e. The topological polar surface area (TPSA) is 69.0 Å². The fourth-order valence-corrected chi connectivity index (χ4v) is 3.40. The lowest BCUT2D eigenvalue weighted by Crippen LogP contribution is -2.14. The smallest absolute Gasteiger partial charge is 0.234 e. The molecule has 2 aromatic carbocycles. The number of anilines is 1. The van der Waals surface area contributed by atoms with Gasteiger partial charge in [-0.3, -0.25) is 4.79 Å². The minimum absolute atomic E-state index is 0.0942. The second kappa shape index (κ2) is 9.25. The van der Waals surface area contributed by atoms with Gasteiger partial charge in [0.15, 0.2) is 11.0 Å². The van der Waals surface area contributed by atoms with E-state index in [2.05, 4.69) is 45.3 Å². The normalized spacial score (nSPS) is 10.7. The van der Waals surface area contributed by atoms with Crippen LogP contribution in [0.2, 0.25) is 0 Å². The van der Waals surface area contributed by atoms with E-state index in [1.165, 1.54) is 22.9 Å². The quantitative estimate of drug-likeness (QED) is 0.525. The molecule has 0 bridgehead atoms. The molecule has 0 saturated heterocycles. The molecule has 0 aliphatic carbocycles. The number of benzene rings is 2. The molecule has 0 spiro atoms. The molecular weight excluding hydrogens is 440 g/mol. The molecule has 0 aliphatic rings. The first-order valence-electron chi connectivity index (χ1n) is 8.69. The van der Waals surface area contributed by atoms with E-state index in [0.29, 0.717) is 17.6 Å². The minimum Gasteiger partial charge on any atom is -0.486 e. The Kier molecular flexibility index (Phi) is 6.74. The van der Waals surface area contributed by atoms with E-state index in [1.807, 2.05) is 54.1 Å². The van der Waals surface area contributed by atoms with Crippen LogP contribution in [0, 0.1) is 13.8 Å². The van der Waals surface area contributed by atoms with Crippen molar-refractivity contribution >= 4 is 39.3 Å². The lowest BCUT2D eigenvalue weighted by molar-refractivity contribution is -0.113. The summed E-state index contributed by atoms with van der Waals surface area (Å²) < 4.78 is 8.63. The van der Waals surface area contributed by atoms with E-state index < -0.39 is 0 Å². The van der Waals surface area contributed by atoms with Gasteiger partial charge in [-0.1, -0.05) is 33.8 Å². The van der Waals surface area contributed by atoms with Gasteiger partial charge in [0, 0.05) is 17.2 Å². The van der Waals surface area contributed by atoms with Crippen LogP contribution in [-0.4, -0.2) is 26.4 Å². The number of nitrogens with zero attached hydrogens (tertiary/aromatic N) is 3. The van der Waals surface area contributed by atoms with Gasteiger partial charge < -0.3 is 14.6 Å². The average molecular weight is 461 g/mol. The van der Waals surface area contributed by atoms with E-state index in [-0.39, 0.29) is 11.7 Å². The number of aromatic nitrogens is 3. The lowest BCUT2D eigenvalue weighted by atomic mass is 10.1. The van der Waals surface area contributed by atoms with Crippen LogP contribution in [-0.2, 0) is 18.4 Å². The monoisotopic (exact) mass is 460 g/mol. The molecule has 0 aliphatic heterocycles. The number of thioether (sulfide) groups is 1. The number of aryl methyl sites for hydroxylation is 2. The summed E-state index contributed by atoms with van der Waals surface area (Å²) in [5.41, 5.74) is 3.17. The van der Waals surface area contributed by atoms with Crippen molar-refractivity contribution in [2.75, 3.05) is 11.1 Å². The number of hydrogen-bond acceptors (Lipinski definition) is 5. The van der Waals surface area contributed by atoms with Crippen LogP contribution in [0.25, 0.3) is 0 Å². The van der Waals surface area contributed by atoms with E-state index >= 15 is 0 Å². The zero-order valence-corrected chi connectivity index (χ0v) is 18.3. The van der Waals surface area contributed by atoms with Crippen LogP contribution in [0.3, 0.4) is 0 Å². The van der Waals surface area contributed by atoms with E-state index in [9.17, 15) is 4.79 Å². The summed E-state index contributed by atoms with van der Waals surface area (Å²) in [5, 5.41) is 11.9. The molecule has 8 heteroatoms. The second-order valence-corrected chi connectivity index (χ2v) is 8.19. The molecule has 1 N–H and O–H groups in total. The maximum atomic E-state index is 12.1. The van der Waals surface area contributed by atoms with E-state index in [4.69, 9.17) is 4.74 Å². The minimum atomic E-state index is -0.0942. The van der Waals surface area contributed by atoms with E-state index in [1.54, 1.807) is 0 Å². The molecule has 1 aromatic heterocycles. The predicted molar refractivity (Wildman–Crippen MR) is 115 cm³/mol. The number of nitrogens with one attached hydrogen (secondary N) is 1. The Bertz CT molecular complexity index is 973. The Morgan fingerprint density at radius 1 is 1.14 bits per heavy atom. The van der Waals surface area contributed by atoms with E-state index in [0.717, 1.165) is 15.9 Å². The highest BCUT2D eigenvalue weighted by Gasteiger charge is 2.12. The number of carbonyl (C=O) groups excluding carboxylic acids is 1. The third-order valence-corrected chi connectivity index (χ3v) is 5.78. The highest BCUT2D eigenvalue weighted by atomic mass is 79.9. The SMILES string of the molecule is Cc1ccc(OCc2nnc(SCC(=O)Nc3ccc(Br)cc3)n2C)cc1C. The molecule has 3 aromatic rings. The van der Waals surface area contributed by atoms with Gasteiger partial charge in [-0.05, 0) is 61.4 Å². The molecule has 0 atom stereocenters. The molecule has 1 amide bonds. The number of rotatable bonds is 7. The summed E-state index contributed by atoms with van der Waals surface area (Å²) in [5.74, 6) is 1.66. The Labute approximate surface area is 176 Å². The summed E-state index contributed by atoms with van der Waals surface area (Å²) in [7, 11) is 1.87. The third kappa shape index (κ3) is 5.36. The molecule has 146 valence electrons. The summed E-state index contributed by atoms with van der Waals surface area (Å²) in [4.78, 5) is 12.1. The molecule has 28 heavy (non-hydrogen) atoms. The van der Waals surface area contributed by atoms with Crippen molar-refractivity contribution in [1.82, 2.24) is 14.8 Å². The Morgan fingerprint density at radius 3 is 2.61 bits per heavy atom. The summed E-state index contributed by atoms with van der Waals surface area (Å²) in [6.45, 7) is 4.44. The van der Waals surface area contributed by atoms with Crippen molar-refractivity contribution in [3.8, 4) is 5.75 Å². The Balaban J connectivity index is 1.53. The second-order valence-electron chi connectivity index (χ2n) is 6.34. The largest absolute Gasteiger partial charge is 0.486 e. The van der Waals surface area contributed by atoms with Crippen molar-refractivity contribution in [2.24, 2.45) is 7.05 Å². The zero-order chi connectivity index (χ0) is 20.1. The average Bonchev–Trinajstić information content (AvgIpc) is 3.03. The number of halogens is 1. The highest BCUT2D eigenvalue weighted by molar-refractivity contribution is 9.10. The zero-order valence-electron chi connectivity index (χ0n) is 15.9. The molecule has 0 saturated carbocycles. The van der Waals surface area contributed by atoms with Gasteiger partial charge in [0.25, 0.3) is 0 Å². The first kappa shape index (κ1) is 20.4. The molecule has 0 radical (unpaired) electrons. The van der Waals surface area contributed by atoms with Crippen LogP contribution in [0.1, 0.15) is 17.0 Å². The van der Waals surface area contributed by atoms with Gasteiger partial charge in [-0.25, -0.2) is 0 Å². The Morgan fingerprint density at radius 2 is 1.89 bits per heavy atom. The number of amides is 1. The van der Waals surface area contributed by atoms with Gasteiger partial charge in [0.1, 0.15) is 12.4 Å². The van der Waals surface area contributed by atoms with Crippen LogP contribution in [0.15, 0.2) is 52.1 Å². The number of ether oxygens (including phenoxy) is 1. The molecule has 0 unspecified atom stereocenters. The molecule has 1 heterocycles. The fourth-order valence-electron chi connectivity index (χ4n) is 2.41. The van der Waals surface area contributed by atoms with Gasteiger partial charge in [-0.2, -0.15) is 0 Å². The van der Waals surface area contributed by atoms with Crippen molar-refractivity contribution < 1.29 is 9.53 Å². The van der Waals surface area contributed by atoms with Crippen LogP contribution in [0.4, 0.5) is 5.69 Å². The lowest BCUT2D eigenvalue weighted by Gasteiger charge is -2.08. The summed E-state index contributed by atoms with van der Waals surface area (Å²) in [6.07, 6.45) is 0. The van der Waals surface area contributed by atoms with Crippen molar-refractivity contribution in [1.29, 1.82) is 0 Å². The first-order valence-corrected chi connectivity index (χ1v) is 10.5. The Hall–Kier alpha value is -2.32. The van der Waals surface area contributed by atoms with Gasteiger partial charge >= 0.3 is 0 Å². The van der Waals surface area contributed by atoms with Crippen molar-refractivity contribution in [3.63, 3.8) is 0 Å². The van der Waals surface area contributed by atoms with Crippen LogP contribution >= 0.6 is 27.7 Å². The summed E-state index contributed by atoms with van der Waals surface area (Å²) in [6, 6.07) is 13.4.